The van der Waals surface area contributed by atoms with Crippen molar-refractivity contribution >= 4 is 11.6 Å². The third-order valence-corrected chi connectivity index (χ3v) is 2.64. The lowest BCUT2D eigenvalue weighted by Crippen LogP contribution is -2.20. The van der Waals surface area contributed by atoms with E-state index >= 15 is 0 Å². The van der Waals surface area contributed by atoms with Crippen LogP contribution in [0.5, 0.6) is 0 Å². The van der Waals surface area contributed by atoms with E-state index in [-0.39, 0.29) is 5.56 Å². The number of nitrogens with one attached hydrogen (secondary N) is 1. The zero-order valence-corrected chi connectivity index (χ0v) is 9.64. The van der Waals surface area contributed by atoms with Crippen LogP contribution in [0.2, 0.25) is 5.02 Å². The highest BCUT2D eigenvalue weighted by atomic mass is 35.5. The number of hydrogen-bond acceptors (Lipinski definition) is 1. The highest BCUT2D eigenvalue weighted by Gasteiger charge is 2.34. The van der Waals surface area contributed by atoms with Gasteiger partial charge < -0.3 is 4.98 Å². The number of alkyl halides is 3. The summed E-state index contributed by atoms with van der Waals surface area (Å²) in [6.07, 6.45) is -3.43. The van der Waals surface area contributed by atoms with Gasteiger partial charge in [-0.2, -0.15) is 13.2 Å². The molecule has 0 saturated heterocycles. The molecule has 0 atom stereocenters. The van der Waals surface area contributed by atoms with Crippen LogP contribution in [0.15, 0.2) is 41.3 Å². The van der Waals surface area contributed by atoms with Gasteiger partial charge in [-0.25, -0.2) is 0 Å². The van der Waals surface area contributed by atoms with Crippen LogP contribution < -0.4 is 5.56 Å². The molecule has 0 aliphatic carbocycles. The van der Waals surface area contributed by atoms with E-state index in [0.717, 1.165) is 6.07 Å². The highest BCUT2D eigenvalue weighted by Crippen LogP contribution is 2.29. The average Bonchev–Trinajstić information content (AvgIpc) is 2.29. The molecule has 0 unspecified atom stereocenters. The number of rotatable bonds is 1. The van der Waals surface area contributed by atoms with Crippen molar-refractivity contribution in [3.8, 4) is 11.1 Å². The number of aromatic amines is 1. The Labute approximate surface area is 105 Å². The van der Waals surface area contributed by atoms with Gasteiger partial charge in [0.2, 0.25) is 0 Å². The molecule has 0 spiro atoms. The Kier molecular flexibility index (Phi) is 3.17. The summed E-state index contributed by atoms with van der Waals surface area (Å²) in [5.74, 6) is 0. The molecule has 0 amide bonds. The molecule has 0 bridgehead atoms. The van der Waals surface area contributed by atoms with Crippen molar-refractivity contribution in [3.05, 3.63) is 57.5 Å². The molecule has 0 aliphatic rings. The number of pyridine rings is 1. The van der Waals surface area contributed by atoms with Crippen LogP contribution in [0, 0.1) is 0 Å². The maximum absolute atomic E-state index is 12.6. The summed E-state index contributed by atoms with van der Waals surface area (Å²) in [4.78, 5) is 13.2. The molecule has 6 heteroatoms. The molecule has 1 aromatic heterocycles. The van der Waals surface area contributed by atoms with Gasteiger partial charge in [-0.15, -0.1) is 0 Å². The molecule has 2 aromatic rings. The van der Waals surface area contributed by atoms with Gasteiger partial charge in [0.15, 0.2) is 0 Å². The van der Waals surface area contributed by atoms with Gasteiger partial charge >= 0.3 is 6.18 Å². The number of aromatic nitrogens is 1. The molecule has 0 fully saturated rings. The Morgan fingerprint density at radius 3 is 2.22 bits per heavy atom. The van der Waals surface area contributed by atoms with Crippen molar-refractivity contribution in [1.82, 2.24) is 4.98 Å². The van der Waals surface area contributed by atoms with Crippen molar-refractivity contribution in [2.75, 3.05) is 0 Å². The van der Waals surface area contributed by atoms with Crippen LogP contribution in [-0.4, -0.2) is 4.98 Å². The topological polar surface area (TPSA) is 32.9 Å². The Morgan fingerprint density at radius 1 is 1.06 bits per heavy atom. The van der Waals surface area contributed by atoms with Gasteiger partial charge in [-0.1, -0.05) is 23.7 Å². The smallest absolute Gasteiger partial charge is 0.328 e. The van der Waals surface area contributed by atoms with E-state index in [2.05, 4.69) is 4.98 Å². The fourth-order valence-corrected chi connectivity index (χ4v) is 1.63. The Bertz CT molecular complexity index is 616. The van der Waals surface area contributed by atoms with E-state index in [1.54, 1.807) is 24.3 Å². The number of H-pyrrole nitrogens is 1. The summed E-state index contributed by atoms with van der Waals surface area (Å²) in [5.41, 5.74) is -1.55. The van der Waals surface area contributed by atoms with Crippen molar-refractivity contribution in [2.45, 2.75) is 6.18 Å². The molecule has 0 saturated carbocycles. The minimum Gasteiger partial charge on any atom is -0.328 e. The highest BCUT2D eigenvalue weighted by molar-refractivity contribution is 6.30. The lowest BCUT2D eigenvalue weighted by molar-refractivity contribution is -0.138. The number of benzene rings is 1. The number of halogens is 4. The van der Waals surface area contributed by atoms with Crippen LogP contribution in [0.4, 0.5) is 13.2 Å². The van der Waals surface area contributed by atoms with Gasteiger partial charge in [0.25, 0.3) is 5.56 Å². The lowest BCUT2D eigenvalue weighted by atomic mass is 10.1. The maximum atomic E-state index is 12.6. The monoisotopic (exact) mass is 273 g/mol. The lowest BCUT2D eigenvalue weighted by Gasteiger charge is -2.08. The van der Waals surface area contributed by atoms with Crippen molar-refractivity contribution in [3.63, 3.8) is 0 Å². The standard InChI is InChI=1S/C12H7ClF3NO/c13-9-3-1-7(2-4-9)8-5-10(12(14,15)16)11(18)17-6-8/h1-6H,(H,17,18). The molecule has 2 rings (SSSR count). The SMILES string of the molecule is O=c1[nH]cc(-c2ccc(Cl)cc2)cc1C(F)(F)F. The van der Waals surface area contributed by atoms with Crippen molar-refractivity contribution in [2.24, 2.45) is 0 Å². The van der Waals surface area contributed by atoms with Crippen molar-refractivity contribution in [1.29, 1.82) is 0 Å². The molecule has 1 heterocycles. The fourth-order valence-electron chi connectivity index (χ4n) is 1.50. The predicted octanol–water partition coefficient (Wildman–Crippen LogP) is 3.71. The van der Waals surface area contributed by atoms with Gasteiger partial charge in [0, 0.05) is 11.2 Å². The molecule has 1 N–H and O–H groups in total. The van der Waals surface area contributed by atoms with Gasteiger partial charge in [0.1, 0.15) is 5.56 Å². The van der Waals surface area contributed by atoms with Crippen LogP contribution >= 0.6 is 11.6 Å². The average molecular weight is 274 g/mol. The first-order valence-electron chi connectivity index (χ1n) is 4.94. The second-order valence-corrected chi connectivity index (χ2v) is 4.07. The zero-order valence-electron chi connectivity index (χ0n) is 8.88. The molecule has 1 aromatic carbocycles. The summed E-state index contributed by atoms with van der Waals surface area (Å²) < 4.78 is 37.7. The molecule has 0 radical (unpaired) electrons. The van der Waals surface area contributed by atoms with Crippen LogP contribution in [0.1, 0.15) is 5.56 Å². The fraction of sp³-hybridized carbons (Fsp3) is 0.0833. The summed E-state index contributed by atoms with van der Waals surface area (Å²) in [7, 11) is 0. The quantitative estimate of drug-likeness (QED) is 0.844. The molecular formula is C12H7ClF3NO. The summed E-state index contributed by atoms with van der Waals surface area (Å²) in [5, 5.41) is 0.485. The van der Waals surface area contributed by atoms with Crippen molar-refractivity contribution < 1.29 is 13.2 Å². The molecule has 2 nitrogen and oxygen atoms in total. The Hall–Kier alpha value is -1.75. The molecule has 0 aliphatic heterocycles. The van der Waals surface area contributed by atoms with Crippen LogP contribution in [0.3, 0.4) is 0 Å². The molecule has 18 heavy (non-hydrogen) atoms. The largest absolute Gasteiger partial charge is 0.421 e. The second kappa shape index (κ2) is 4.49. The summed E-state index contributed by atoms with van der Waals surface area (Å²) >= 11 is 5.69. The maximum Gasteiger partial charge on any atom is 0.421 e. The summed E-state index contributed by atoms with van der Waals surface area (Å²) in [6, 6.07) is 7.11. The van der Waals surface area contributed by atoms with E-state index < -0.39 is 17.3 Å². The Balaban J connectivity index is 2.54. The minimum absolute atomic E-state index is 0.276. The first-order valence-corrected chi connectivity index (χ1v) is 5.31. The minimum atomic E-state index is -4.67. The van der Waals surface area contributed by atoms with Gasteiger partial charge in [-0.3, -0.25) is 4.79 Å². The first kappa shape index (κ1) is 12.7. The van der Waals surface area contributed by atoms with E-state index in [1.165, 1.54) is 6.20 Å². The van der Waals surface area contributed by atoms with Crippen LogP contribution in [-0.2, 0) is 6.18 Å². The first-order chi connectivity index (χ1) is 8.38. The van der Waals surface area contributed by atoms with E-state index in [1.807, 2.05) is 0 Å². The van der Waals surface area contributed by atoms with E-state index in [9.17, 15) is 18.0 Å². The molecular weight excluding hydrogens is 267 g/mol. The van der Waals surface area contributed by atoms with E-state index in [0.29, 0.717) is 10.6 Å². The predicted molar refractivity (Wildman–Crippen MR) is 62.5 cm³/mol. The van der Waals surface area contributed by atoms with Gasteiger partial charge in [-0.05, 0) is 29.3 Å². The molecule has 94 valence electrons. The Morgan fingerprint density at radius 2 is 1.67 bits per heavy atom. The van der Waals surface area contributed by atoms with E-state index in [4.69, 9.17) is 11.6 Å². The second-order valence-electron chi connectivity index (χ2n) is 3.64. The normalized spacial score (nSPS) is 11.6. The number of hydrogen-bond donors (Lipinski definition) is 1. The van der Waals surface area contributed by atoms with Crippen LogP contribution in [0.25, 0.3) is 11.1 Å². The zero-order chi connectivity index (χ0) is 13.3. The third-order valence-electron chi connectivity index (χ3n) is 2.39. The van der Waals surface area contributed by atoms with Gasteiger partial charge in [0.05, 0.1) is 0 Å². The summed E-state index contributed by atoms with van der Waals surface area (Å²) in [6.45, 7) is 0. The third kappa shape index (κ3) is 2.56.